The molecule has 26 heavy (non-hydrogen) atoms. The van der Waals surface area contributed by atoms with Crippen molar-refractivity contribution < 1.29 is 4.79 Å². The predicted molar refractivity (Wildman–Crippen MR) is 104 cm³/mol. The van der Waals surface area contributed by atoms with Gasteiger partial charge in [-0.25, -0.2) is 9.97 Å². The smallest absolute Gasteiger partial charge is 0.229 e. The Balaban J connectivity index is 1.51. The molecule has 1 N–H and O–H groups in total. The summed E-state index contributed by atoms with van der Waals surface area (Å²) in [5.74, 6) is 0.721. The van der Waals surface area contributed by atoms with Gasteiger partial charge in [0.25, 0.3) is 0 Å². The summed E-state index contributed by atoms with van der Waals surface area (Å²) in [5.41, 5.74) is 1.81. The maximum absolute atomic E-state index is 12.9. The molecular weight excluding hydrogens is 324 g/mol. The summed E-state index contributed by atoms with van der Waals surface area (Å²) >= 11 is 0. The zero-order valence-corrected chi connectivity index (χ0v) is 14.9. The van der Waals surface area contributed by atoms with Crippen LogP contribution in [0.15, 0.2) is 54.7 Å². The number of piperidine rings is 1. The normalized spacial score (nSPS) is 17.3. The number of carbonyl (C=O) groups is 1. The number of nitrogens with zero attached hydrogens (tertiary/aromatic N) is 3. The molecule has 0 aliphatic carbocycles. The van der Waals surface area contributed by atoms with Crippen LogP contribution in [-0.2, 0) is 4.79 Å². The summed E-state index contributed by atoms with van der Waals surface area (Å²) in [7, 11) is 0. The minimum Gasteiger partial charge on any atom is -0.340 e. The molecule has 132 valence electrons. The molecular formula is C21H22N4O. The monoisotopic (exact) mass is 346 g/mol. The lowest BCUT2D eigenvalue weighted by atomic mass is 9.97. The topological polar surface area (TPSA) is 58.1 Å². The Labute approximate surface area is 153 Å². The summed E-state index contributed by atoms with van der Waals surface area (Å²) in [6, 6.07) is 16.0. The Bertz CT molecular complexity index is 935. The highest BCUT2D eigenvalue weighted by Gasteiger charge is 2.27. The Morgan fingerprint density at radius 1 is 1.15 bits per heavy atom. The van der Waals surface area contributed by atoms with E-state index in [2.05, 4.69) is 32.3 Å². The van der Waals surface area contributed by atoms with Crippen LogP contribution in [0.25, 0.3) is 10.8 Å². The van der Waals surface area contributed by atoms with Crippen LogP contribution in [0.4, 0.5) is 11.6 Å². The van der Waals surface area contributed by atoms with E-state index in [4.69, 9.17) is 0 Å². The number of fused-ring (bicyclic) bond motifs is 1. The highest BCUT2D eigenvalue weighted by Crippen LogP contribution is 2.26. The fourth-order valence-corrected chi connectivity index (χ4v) is 3.53. The third kappa shape index (κ3) is 3.38. The number of carbonyl (C=O) groups excluding carboxylic acids is 1. The van der Waals surface area contributed by atoms with Gasteiger partial charge < -0.3 is 10.2 Å². The van der Waals surface area contributed by atoms with Crippen molar-refractivity contribution in [1.82, 2.24) is 9.97 Å². The molecule has 5 heteroatoms. The first-order valence-corrected chi connectivity index (χ1v) is 9.04. The van der Waals surface area contributed by atoms with Crippen LogP contribution < -0.4 is 10.2 Å². The quantitative estimate of drug-likeness (QED) is 0.784. The fraction of sp³-hybridized carbons (Fsp3) is 0.286. The average Bonchev–Trinajstić information content (AvgIpc) is 2.68. The highest BCUT2D eigenvalue weighted by atomic mass is 16.1. The predicted octanol–water partition coefficient (Wildman–Crippen LogP) is 3.79. The molecule has 1 aromatic heterocycles. The molecule has 0 saturated carbocycles. The molecule has 2 heterocycles. The first kappa shape index (κ1) is 16.5. The van der Waals surface area contributed by atoms with Gasteiger partial charge in [0.05, 0.1) is 5.92 Å². The standard InChI is InChI=1S/C21H22N4O/c1-15-11-12-22-21(23-15)25-13-5-8-17(14-25)20(26)24-19-10-4-7-16-6-2-3-9-18(16)19/h2-4,6-7,9-12,17H,5,8,13-14H2,1H3,(H,24,26)/t17-/m0/s1. The van der Waals surface area contributed by atoms with E-state index in [0.717, 1.165) is 41.5 Å². The number of amides is 1. The summed E-state index contributed by atoms with van der Waals surface area (Å²) in [6.45, 7) is 3.50. The van der Waals surface area contributed by atoms with E-state index in [0.29, 0.717) is 12.5 Å². The number of aryl methyl sites for hydroxylation is 1. The van der Waals surface area contributed by atoms with Crippen LogP contribution in [0, 0.1) is 12.8 Å². The number of rotatable bonds is 3. The van der Waals surface area contributed by atoms with Gasteiger partial charge in [0.2, 0.25) is 11.9 Å². The van der Waals surface area contributed by atoms with E-state index in [-0.39, 0.29) is 11.8 Å². The van der Waals surface area contributed by atoms with E-state index >= 15 is 0 Å². The van der Waals surface area contributed by atoms with Gasteiger partial charge in [0, 0.05) is 36.1 Å². The van der Waals surface area contributed by atoms with Crippen molar-refractivity contribution in [3.8, 4) is 0 Å². The number of hydrogen-bond acceptors (Lipinski definition) is 4. The zero-order valence-electron chi connectivity index (χ0n) is 14.9. The van der Waals surface area contributed by atoms with Gasteiger partial charge in [0.15, 0.2) is 0 Å². The molecule has 0 bridgehead atoms. The second-order valence-corrected chi connectivity index (χ2v) is 6.80. The van der Waals surface area contributed by atoms with E-state index in [1.54, 1.807) is 6.20 Å². The van der Waals surface area contributed by atoms with E-state index < -0.39 is 0 Å². The summed E-state index contributed by atoms with van der Waals surface area (Å²) in [4.78, 5) is 23.9. The van der Waals surface area contributed by atoms with Gasteiger partial charge in [-0.05, 0) is 37.3 Å². The van der Waals surface area contributed by atoms with E-state index in [1.807, 2.05) is 43.3 Å². The van der Waals surface area contributed by atoms with E-state index in [9.17, 15) is 4.79 Å². The number of anilines is 2. The molecule has 1 aliphatic heterocycles. The third-order valence-corrected chi connectivity index (χ3v) is 4.90. The summed E-state index contributed by atoms with van der Waals surface area (Å²) < 4.78 is 0. The fourth-order valence-electron chi connectivity index (χ4n) is 3.53. The van der Waals surface area contributed by atoms with Crippen LogP contribution in [-0.4, -0.2) is 29.0 Å². The van der Waals surface area contributed by atoms with Gasteiger partial charge in [-0.15, -0.1) is 0 Å². The van der Waals surface area contributed by atoms with Gasteiger partial charge >= 0.3 is 0 Å². The minimum atomic E-state index is -0.0631. The minimum absolute atomic E-state index is 0.0631. The lowest BCUT2D eigenvalue weighted by Gasteiger charge is -2.32. The van der Waals surface area contributed by atoms with Gasteiger partial charge in [-0.2, -0.15) is 0 Å². The molecule has 5 nitrogen and oxygen atoms in total. The lowest BCUT2D eigenvalue weighted by molar-refractivity contribution is -0.120. The van der Waals surface area contributed by atoms with Crippen LogP contribution in [0.1, 0.15) is 18.5 Å². The average molecular weight is 346 g/mol. The summed E-state index contributed by atoms with van der Waals surface area (Å²) in [5, 5.41) is 5.33. The molecule has 3 aromatic rings. The second kappa shape index (κ2) is 7.12. The van der Waals surface area contributed by atoms with Crippen molar-refractivity contribution >= 4 is 28.3 Å². The third-order valence-electron chi connectivity index (χ3n) is 4.90. The van der Waals surface area contributed by atoms with Crippen molar-refractivity contribution in [3.63, 3.8) is 0 Å². The van der Waals surface area contributed by atoms with Gasteiger partial charge in [-0.1, -0.05) is 36.4 Å². The van der Waals surface area contributed by atoms with Crippen LogP contribution in [0.3, 0.4) is 0 Å². The van der Waals surface area contributed by atoms with Crippen molar-refractivity contribution in [1.29, 1.82) is 0 Å². The zero-order chi connectivity index (χ0) is 17.9. The molecule has 1 fully saturated rings. The Morgan fingerprint density at radius 2 is 2.00 bits per heavy atom. The lowest BCUT2D eigenvalue weighted by Crippen LogP contribution is -2.41. The first-order valence-electron chi connectivity index (χ1n) is 9.04. The molecule has 2 aromatic carbocycles. The van der Waals surface area contributed by atoms with Crippen LogP contribution in [0.2, 0.25) is 0 Å². The number of hydrogen-bond donors (Lipinski definition) is 1. The van der Waals surface area contributed by atoms with Gasteiger partial charge in [0.1, 0.15) is 0 Å². The molecule has 1 amide bonds. The first-order chi connectivity index (χ1) is 12.7. The van der Waals surface area contributed by atoms with Crippen LogP contribution in [0.5, 0.6) is 0 Å². The number of nitrogens with one attached hydrogen (secondary N) is 1. The molecule has 4 rings (SSSR count). The molecule has 1 saturated heterocycles. The highest BCUT2D eigenvalue weighted by molar-refractivity contribution is 6.02. The number of benzene rings is 2. The largest absolute Gasteiger partial charge is 0.340 e. The molecule has 1 aliphatic rings. The van der Waals surface area contributed by atoms with Crippen molar-refractivity contribution in [2.24, 2.45) is 5.92 Å². The molecule has 0 spiro atoms. The summed E-state index contributed by atoms with van der Waals surface area (Å²) in [6.07, 6.45) is 3.63. The van der Waals surface area contributed by atoms with Crippen molar-refractivity contribution in [2.75, 3.05) is 23.3 Å². The second-order valence-electron chi connectivity index (χ2n) is 6.80. The molecule has 0 radical (unpaired) electrons. The van der Waals surface area contributed by atoms with Crippen LogP contribution >= 0.6 is 0 Å². The maximum Gasteiger partial charge on any atom is 0.229 e. The Hall–Kier alpha value is -2.95. The maximum atomic E-state index is 12.9. The SMILES string of the molecule is Cc1ccnc(N2CCC[C@H](C(=O)Nc3cccc4ccccc34)C2)n1. The van der Waals surface area contributed by atoms with Crippen molar-refractivity contribution in [3.05, 3.63) is 60.4 Å². The van der Waals surface area contributed by atoms with Gasteiger partial charge in [-0.3, -0.25) is 4.79 Å². The Morgan fingerprint density at radius 3 is 2.88 bits per heavy atom. The molecule has 1 atom stereocenters. The van der Waals surface area contributed by atoms with Crippen molar-refractivity contribution in [2.45, 2.75) is 19.8 Å². The molecule has 0 unspecified atom stereocenters. The van der Waals surface area contributed by atoms with E-state index in [1.165, 1.54) is 0 Å². The number of aromatic nitrogens is 2. The Kier molecular flexibility index (Phi) is 4.52.